The van der Waals surface area contributed by atoms with Gasteiger partial charge in [0.05, 0.1) is 6.10 Å². The summed E-state index contributed by atoms with van der Waals surface area (Å²) >= 11 is 5.86. The van der Waals surface area contributed by atoms with Crippen molar-refractivity contribution in [2.45, 2.75) is 13.0 Å². The highest BCUT2D eigenvalue weighted by Crippen LogP contribution is 2.28. The molecule has 0 radical (unpaired) electrons. The van der Waals surface area contributed by atoms with Crippen LogP contribution in [0.3, 0.4) is 0 Å². The van der Waals surface area contributed by atoms with Crippen LogP contribution in [0, 0.1) is 12.8 Å². The molecule has 1 heterocycles. The van der Waals surface area contributed by atoms with Gasteiger partial charge < -0.3 is 10.4 Å². The highest BCUT2D eigenvalue weighted by Gasteiger charge is 2.27. The lowest BCUT2D eigenvalue weighted by atomic mass is 9.89. The van der Waals surface area contributed by atoms with E-state index in [1.54, 1.807) is 0 Å². The first kappa shape index (κ1) is 9.97. The van der Waals surface area contributed by atoms with E-state index >= 15 is 0 Å². The maximum Gasteiger partial charge on any atom is 0.0845 e. The molecule has 1 fully saturated rings. The van der Waals surface area contributed by atoms with Crippen molar-refractivity contribution in [2.75, 3.05) is 13.1 Å². The van der Waals surface area contributed by atoms with Gasteiger partial charge in [0.1, 0.15) is 0 Å². The first-order valence-electron chi connectivity index (χ1n) is 4.83. The van der Waals surface area contributed by atoms with Gasteiger partial charge in [-0.3, -0.25) is 0 Å². The van der Waals surface area contributed by atoms with Crippen molar-refractivity contribution in [3.63, 3.8) is 0 Å². The van der Waals surface area contributed by atoms with Crippen molar-refractivity contribution in [1.82, 2.24) is 5.32 Å². The largest absolute Gasteiger partial charge is 0.388 e. The summed E-state index contributed by atoms with van der Waals surface area (Å²) in [5, 5.41) is 13.9. The Kier molecular flexibility index (Phi) is 2.77. The number of benzene rings is 1. The molecule has 14 heavy (non-hydrogen) atoms. The highest BCUT2D eigenvalue weighted by atomic mass is 35.5. The lowest BCUT2D eigenvalue weighted by molar-refractivity contribution is 0.0762. The number of aryl methyl sites for hydroxylation is 1. The second-order valence-electron chi connectivity index (χ2n) is 3.86. The van der Waals surface area contributed by atoms with Crippen LogP contribution in [0.4, 0.5) is 0 Å². The number of aliphatic hydroxyl groups excluding tert-OH is 1. The summed E-state index contributed by atoms with van der Waals surface area (Å²) in [7, 11) is 0. The van der Waals surface area contributed by atoms with E-state index in [2.05, 4.69) is 5.32 Å². The Morgan fingerprint density at radius 1 is 1.50 bits per heavy atom. The molecule has 2 rings (SSSR count). The Balaban J connectivity index is 2.22. The van der Waals surface area contributed by atoms with Gasteiger partial charge in [0.15, 0.2) is 0 Å². The van der Waals surface area contributed by atoms with Gasteiger partial charge in [-0.15, -0.1) is 0 Å². The van der Waals surface area contributed by atoms with Crippen molar-refractivity contribution in [1.29, 1.82) is 0 Å². The molecule has 2 nitrogen and oxygen atoms in total. The van der Waals surface area contributed by atoms with Crippen LogP contribution in [-0.2, 0) is 0 Å². The molecular formula is C11H14ClNO. The fourth-order valence-corrected chi connectivity index (χ4v) is 1.99. The van der Waals surface area contributed by atoms with E-state index in [0.717, 1.165) is 29.2 Å². The molecule has 1 saturated heterocycles. The van der Waals surface area contributed by atoms with Crippen molar-refractivity contribution in [3.8, 4) is 0 Å². The molecule has 0 amide bonds. The molecule has 0 aromatic heterocycles. The Bertz CT molecular complexity index is 336. The van der Waals surface area contributed by atoms with Crippen LogP contribution in [0.2, 0.25) is 5.02 Å². The highest BCUT2D eigenvalue weighted by molar-refractivity contribution is 6.30. The minimum atomic E-state index is -0.353. The summed E-state index contributed by atoms with van der Waals surface area (Å²) in [6, 6.07) is 5.64. The predicted octanol–water partition coefficient (Wildman–Crippen LogP) is 1.90. The normalized spacial score (nSPS) is 19.1. The Hall–Kier alpha value is -0.570. The Morgan fingerprint density at radius 3 is 2.71 bits per heavy atom. The lowest BCUT2D eigenvalue weighted by Gasteiger charge is -2.32. The van der Waals surface area contributed by atoms with E-state index in [1.165, 1.54) is 0 Å². The van der Waals surface area contributed by atoms with Crippen LogP contribution in [0.25, 0.3) is 0 Å². The summed E-state index contributed by atoms with van der Waals surface area (Å²) in [5.74, 6) is 0.356. The van der Waals surface area contributed by atoms with Gasteiger partial charge in [0.2, 0.25) is 0 Å². The van der Waals surface area contributed by atoms with Crippen molar-refractivity contribution >= 4 is 11.6 Å². The first-order chi connectivity index (χ1) is 6.68. The summed E-state index contributed by atoms with van der Waals surface area (Å²) in [6.45, 7) is 3.79. The fourth-order valence-electron chi connectivity index (χ4n) is 1.76. The fraction of sp³-hybridized carbons (Fsp3) is 0.455. The van der Waals surface area contributed by atoms with Gasteiger partial charge in [0.25, 0.3) is 0 Å². The third kappa shape index (κ3) is 1.78. The number of aliphatic hydroxyl groups is 1. The summed E-state index contributed by atoms with van der Waals surface area (Å²) in [4.78, 5) is 0. The van der Waals surface area contributed by atoms with E-state index in [9.17, 15) is 5.11 Å². The average molecular weight is 212 g/mol. The molecular weight excluding hydrogens is 198 g/mol. The maximum atomic E-state index is 10.0. The molecule has 76 valence electrons. The molecule has 1 unspecified atom stereocenters. The van der Waals surface area contributed by atoms with Crippen LogP contribution in [0.5, 0.6) is 0 Å². The van der Waals surface area contributed by atoms with E-state index in [4.69, 9.17) is 11.6 Å². The second kappa shape index (κ2) is 3.89. The van der Waals surface area contributed by atoms with Gasteiger partial charge in [-0.2, -0.15) is 0 Å². The van der Waals surface area contributed by atoms with Crippen molar-refractivity contribution in [3.05, 3.63) is 34.3 Å². The van der Waals surface area contributed by atoms with Crippen LogP contribution in [-0.4, -0.2) is 18.2 Å². The molecule has 1 aromatic rings. The molecule has 0 bridgehead atoms. The smallest absolute Gasteiger partial charge is 0.0845 e. The van der Waals surface area contributed by atoms with Crippen LogP contribution in [0.15, 0.2) is 18.2 Å². The van der Waals surface area contributed by atoms with E-state index in [-0.39, 0.29) is 6.10 Å². The molecule has 1 atom stereocenters. The number of halogens is 1. The van der Waals surface area contributed by atoms with E-state index in [1.807, 2.05) is 25.1 Å². The number of hydrogen-bond donors (Lipinski definition) is 2. The monoisotopic (exact) mass is 211 g/mol. The quantitative estimate of drug-likeness (QED) is 0.783. The van der Waals surface area contributed by atoms with Crippen LogP contribution >= 0.6 is 11.6 Å². The maximum absolute atomic E-state index is 10.0. The molecule has 2 N–H and O–H groups in total. The van der Waals surface area contributed by atoms with Crippen molar-refractivity contribution in [2.24, 2.45) is 5.92 Å². The number of hydrogen-bond acceptors (Lipinski definition) is 2. The zero-order valence-electron chi connectivity index (χ0n) is 8.13. The third-order valence-electron chi connectivity index (χ3n) is 2.81. The Morgan fingerprint density at radius 2 is 2.21 bits per heavy atom. The van der Waals surface area contributed by atoms with Gasteiger partial charge in [-0.25, -0.2) is 0 Å². The second-order valence-corrected chi connectivity index (χ2v) is 4.30. The van der Waals surface area contributed by atoms with Crippen molar-refractivity contribution < 1.29 is 5.11 Å². The molecule has 1 aromatic carbocycles. The molecule has 1 aliphatic rings. The standard InChI is InChI=1S/C11H14ClNO/c1-7-4-9(12)2-3-10(7)11(14)8-5-13-6-8/h2-4,8,11,13-14H,5-6H2,1H3. The average Bonchev–Trinajstić information content (AvgIpc) is 2.00. The SMILES string of the molecule is Cc1cc(Cl)ccc1C(O)C1CNC1. The molecule has 3 heteroatoms. The molecule has 1 aliphatic heterocycles. The minimum Gasteiger partial charge on any atom is -0.388 e. The summed E-state index contributed by atoms with van der Waals surface area (Å²) in [6.07, 6.45) is -0.353. The molecule has 0 saturated carbocycles. The lowest BCUT2D eigenvalue weighted by Crippen LogP contribution is -2.45. The van der Waals surface area contributed by atoms with E-state index in [0.29, 0.717) is 5.92 Å². The summed E-state index contributed by atoms with van der Waals surface area (Å²) < 4.78 is 0. The summed E-state index contributed by atoms with van der Waals surface area (Å²) in [5.41, 5.74) is 2.07. The minimum absolute atomic E-state index is 0.353. The number of nitrogens with one attached hydrogen (secondary N) is 1. The van der Waals surface area contributed by atoms with Crippen LogP contribution < -0.4 is 5.32 Å². The number of rotatable bonds is 2. The van der Waals surface area contributed by atoms with Gasteiger partial charge >= 0.3 is 0 Å². The zero-order valence-corrected chi connectivity index (χ0v) is 8.88. The van der Waals surface area contributed by atoms with Gasteiger partial charge in [-0.05, 0) is 30.2 Å². The molecule has 0 spiro atoms. The predicted molar refractivity (Wildman–Crippen MR) is 57.5 cm³/mol. The third-order valence-corrected chi connectivity index (χ3v) is 3.05. The topological polar surface area (TPSA) is 32.3 Å². The first-order valence-corrected chi connectivity index (χ1v) is 5.21. The van der Waals surface area contributed by atoms with Crippen LogP contribution in [0.1, 0.15) is 17.2 Å². The Labute approximate surface area is 88.9 Å². The molecule has 0 aliphatic carbocycles. The van der Waals surface area contributed by atoms with Gasteiger partial charge in [0, 0.05) is 24.0 Å². The van der Waals surface area contributed by atoms with E-state index < -0.39 is 0 Å². The zero-order chi connectivity index (χ0) is 10.1. The van der Waals surface area contributed by atoms with Gasteiger partial charge in [-0.1, -0.05) is 17.7 Å².